The number of benzene rings is 1. The van der Waals surface area contributed by atoms with Crippen LogP contribution in [-0.4, -0.2) is 37.9 Å². The third-order valence-corrected chi connectivity index (χ3v) is 5.84. The maximum Gasteiger partial charge on any atom is 0.267 e. The van der Waals surface area contributed by atoms with Gasteiger partial charge in [0.2, 0.25) is 0 Å². The van der Waals surface area contributed by atoms with Crippen LogP contribution in [0.2, 0.25) is 0 Å². The van der Waals surface area contributed by atoms with Crippen molar-refractivity contribution in [1.29, 1.82) is 0 Å². The standard InChI is InChI=1S/C21H19N5O3S/c1-14-19(30-21(23-14)25-8-4-5-9-25)20(27)24-15-10-22-26(11-15)12-16-13-28-17-6-2-3-7-18(17)29-16/h2-11,16H,12-13H2,1H3,(H,24,27). The molecule has 0 saturated heterocycles. The minimum Gasteiger partial charge on any atom is -0.486 e. The van der Waals surface area contributed by atoms with Crippen LogP contribution in [0.15, 0.2) is 61.2 Å². The van der Waals surface area contributed by atoms with Gasteiger partial charge in [0, 0.05) is 18.6 Å². The predicted octanol–water partition coefficient (Wildman–Crippen LogP) is 3.53. The summed E-state index contributed by atoms with van der Waals surface area (Å²) in [5.41, 5.74) is 1.31. The first-order valence-electron chi connectivity index (χ1n) is 9.49. The third kappa shape index (κ3) is 3.67. The number of aromatic nitrogens is 4. The molecule has 1 aromatic carbocycles. The Morgan fingerprint density at radius 1 is 1.23 bits per heavy atom. The Morgan fingerprint density at radius 2 is 2.03 bits per heavy atom. The fraction of sp³-hybridized carbons (Fsp3) is 0.190. The number of fused-ring (bicyclic) bond motifs is 1. The van der Waals surface area contributed by atoms with Crippen LogP contribution in [0.4, 0.5) is 5.69 Å². The summed E-state index contributed by atoms with van der Waals surface area (Å²) in [4.78, 5) is 17.8. The summed E-state index contributed by atoms with van der Waals surface area (Å²) in [5.74, 6) is 1.28. The Labute approximate surface area is 176 Å². The van der Waals surface area contributed by atoms with Gasteiger partial charge in [-0.3, -0.25) is 9.48 Å². The number of anilines is 1. The average molecular weight is 421 g/mol. The fourth-order valence-corrected chi connectivity index (χ4v) is 4.17. The third-order valence-electron chi connectivity index (χ3n) is 4.67. The van der Waals surface area contributed by atoms with E-state index in [0.717, 1.165) is 16.6 Å². The van der Waals surface area contributed by atoms with Crippen LogP contribution >= 0.6 is 11.3 Å². The van der Waals surface area contributed by atoms with Crippen LogP contribution in [0.1, 0.15) is 15.4 Å². The molecule has 1 unspecified atom stereocenters. The molecule has 3 aromatic heterocycles. The molecule has 4 heterocycles. The highest BCUT2D eigenvalue weighted by Gasteiger charge is 2.22. The molecule has 152 valence electrons. The molecule has 0 radical (unpaired) electrons. The second-order valence-electron chi connectivity index (χ2n) is 6.90. The molecular weight excluding hydrogens is 402 g/mol. The first kappa shape index (κ1) is 18.4. The van der Waals surface area contributed by atoms with Crippen molar-refractivity contribution in [3.63, 3.8) is 0 Å². The number of hydrogen-bond donors (Lipinski definition) is 1. The van der Waals surface area contributed by atoms with Crippen molar-refractivity contribution in [3.8, 4) is 16.6 Å². The summed E-state index contributed by atoms with van der Waals surface area (Å²) in [6, 6.07) is 11.4. The summed E-state index contributed by atoms with van der Waals surface area (Å²) < 4.78 is 15.3. The average Bonchev–Trinajstić information content (AvgIpc) is 3.49. The van der Waals surface area contributed by atoms with E-state index in [1.54, 1.807) is 17.1 Å². The number of amides is 1. The van der Waals surface area contributed by atoms with Crippen molar-refractivity contribution in [2.75, 3.05) is 11.9 Å². The monoisotopic (exact) mass is 421 g/mol. The van der Waals surface area contributed by atoms with Gasteiger partial charge in [0.1, 0.15) is 11.5 Å². The minimum atomic E-state index is -0.200. The molecule has 30 heavy (non-hydrogen) atoms. The molecule has 8 nitrogen and oxygen atoms in total. The number of aryl methyl sites for hydroxylation is 1. The van der Waals surface area contributed by atoms with E-state index in [1.165, 1.54) is 11.3 Å². The van der Waals surface area contributed by atoms with Gasteiger partial charge in [-0.1, -0.05) is 23.5 Å². The van der Waals surface area contributed by atoms with E-state index >= 15 is 0 Å². The lowest BCUT2D eigenvalue weighted by molar-refractivity contribution is 0.0759. The Balaban J connectivity index is 1.24. The number of thiazole rings is 1. The lowest BCUT2D eigenvalue weighted by atomic mass is 10.2. The summed E-state index contributed by atoms with van der Waals surface area (Å²) in [6.45, 7) is 2.79. The van der Waals surface area contributed by atoms with Gasteiger partial charge >= 0.3 is 0 Å². The van der Waals surface area contributed by atoms with Crippen molar-refractivity contribution in [1.82, 2.24) is 19.3 Å². The second kappa shape index (κ2) is 7.68. The van der Waals surface area contributed by atoms with Crippen molar-refractivity contribution >= 4 is 22.9 Å². The Morgan fingerprint density at radius 3 is 2.87 bits per heavy atom. The first-order chi connectivity index (χ1) is 14.7. The summed E-state index contributed by atoms with van der Waals surface area (Å²) in [7, 11) is 0. The van der Waals surface area contributed by atoms with Gasteiger partial charge < -0.3 is 19.4 Å². The van der Waals surface area contributed by atoms with Gasteiger partial charge in [-0.2, -0.15) is 5.10 Å². The van der Waals surface area contributed by atoms with Crippen LogP contribution in [0.3, 0.4) is 0 Å². The molecule has 0 aliphatic carbocycles. The molecular formula is C21H19N5O3S. The molecule has 1 aliphatic heterocycles. The molecule has 9 heteroatoms. The molecule has 1 amide bonds. The maximum absolute atomic E-state index is 12.7. The maximum atomic E-state index is 12.7. The molecule has 1 atom stereocenters. The lowest BCUT2D eigenvalue weighted by Crippen LogP contribution is -2.33. The molecule has 1 N–H and O–H groups in total. The highest BCUT2D eigenvalue weighted by atomic mass is 32.1. The Kier molecular flexibility index (Phi) is 4.72. The molecule has 0 fully saturated rings. The van der Waals surface area contributed by atoms with Gasteiger partial charge in [-0.05, 0) is 31.2 Å². The Bertz CT molecular complexity index is 1180. The number of hydrogen-bond acceptors (Lipinski definition) is 6. The molecule has 0 bridgehead atoms. The van der Waals surface area contributed by atoms with E-state index in [-0.39, 0.29) is 12.0 Å². The SMILES string of the molecule is Cc1nc(-n2cccc2)sc1C(=O)Nc1cnn(CC2COc3ccccc3O2)c1. The number of para-hydroxylation sites is 2. The van der Waals surface area contributed by atoms with Gasteiger partial charge in [0.15, 0.2) is 22.7 Å². The quantitative estimate of drug-likeness (QED) is 0.533. The van der Waals surface area contributed by atoms with Gasteiger partial charge in [-0.25, -0.2) is 4.98 Å². The van der Waals surface area contributed by atoms with Crippen LogP contribution in [0, 0.1) is 6.92 Å². The molecule has 1 aliphatic rings. The molecule has 4 aromatic rings. The fourth-order valence-electron chi connectivity index (χ4n) is 3.24. The van der Waals surface area contributed by atoms with Crippen molar-refractivity contribution in [2.24, 2.45) is 0 Å². The first-order valence-corrected chi connectivity index (χ1v) is 10.3. The number of nitrogens with one attached hydrogen (secondary N) is 1. The summed E-state index contributed by atoms with van der Waals surface area (Å²) in [5, 5.41) is 7.99. The summed E-state index contributed by atoms with van der Waals surface area (Å²) in [6.07, 6.45) is 7.05. The van der Waals surface area contributed by atoms with Gasteiger partial charge in [0.25, 0.3) is 5.91 Å². The molecule has 5 rings (SSSR count). The van der Waals surface area contributed by atoms with Crippen molar-refractivity contribution in [2.45, 2.75) is 19.6 Å². The van der Waals surface area contributed by atoms with E-state index < -0.39 is 0 Å². The van der Waals surface area contributed by atoms with Crippen LogP contribution in [-0.2, 0) is 6.54 Å². The van der Waals surface area contributed by atoms with E-state index in [4.69, 9.17) is 9.47 Å². The largest absolute Gasteiger partial charge is 0.486 e. The van der Waals surface area contributed by atoms with Crippen LogP contribution in [0.5, 0.6) is 11.5 Å². The number of ether oxygens (including phenoxy) is 2. The summed E-state index contributed by atoms with van der Waals surface area (Å²) >= 11 is 1.35. The lowest BCUT2D eigenvalue weighted by Gasteiger charge is -2.26. The zero-order valence-electron chi connectivity index (χ0n) is 16.2. The minimum absolute atomic E-state index is 0.156. The number of carbonyl (C=O) groups excluding carboxylic acids is 1. The van der Waals surface area contributed by atoms with Crippen molar-refractivity contribution < 1.29 is 14.3 Å². The topological polar surface area (TPSA) is 83.2 Å². The highest BCUT2D eigenvalue weighted by molar-refractivity contribution is 7.16. The number of nitrogens with zero attached hydrogens (tertiary/aromatic N) is 4. The predicted molar refractivity (Wildman–Crippen MR) is 113 cm³/mol. The van der Waals surface area contributed by atoms with Crippen LogP contribution < -0.4 is 14.8 Å². The van der Waals surface area contributed by atoms with Gasteiger partial charge in [-0.15, -0.1) is 0 Å². The van der Waals surface area contributed by atoms with Crippen molar-refractivity contribution in [3.05, 3.63) is 71.8 Å². The Hall–Kier alpha value is -3.59. The van der Waals surface area contributed by atoms with E-state index in [9.17, 15) is 4.79 Å². The number of rotatable bonds is 5. The van der Waals surface area contributed by atoms with E-state index in [2.05, 4.69) is 15.4 Å². The highest BCUT2D eigenvalue weighted by Crippen LogP contribution is 2.31. The second-order valence-corrected chi connectivity index (χ2v) is 7.88. The van der Waals surface area contributed by atoms with Crippen LogP contribution in [0.25, 0.3) is 5.13 Å². The molecule has 0 spiro atoms. The van der Waals surface area contributed by atoms with Gasteiger partial charge in [0.05, 0.1) is 24.1 Å². The molecule has 0 saturated carbocycles. The zero-order chi connectivity index (χ0) is 20.5. The number of carbonyl (C=O) groups is 1. The smallest absolute Gasteiger partial charge is 0.267 e. The van der Waals surface area contributed by atoms with E-state index in [0.29, 0.717) is 29.4 Å². The van der Waals surface area contributed by atoms with E-state index in [1.807, 2.05) is 60.3 Å². The zero-order valence-corrected chi connectivity index (χ0v) is 17.0. The normalized spacial score (nSPS) is 15.2.